The van der Waals surface area contributed by atoms with Gasteiger partial charge in [0.2, 0.25) is 5.91 Å². The molecule has 1 aromatic heterocycles. The largest absolute Gasteiger partial charge is 0.344 e. The van der Waals surface area contributed by atoms with Crippen LogP contribution in [0.5, 0.6) is 0 Å². The highest BCUT2D eigenvalue weighted by molar-refractivity contribution is 5.75. The molecular weight excluding hydrogens is 228 g/mol. The molecule has 1 heterocycles. The Bertz CT molecular complexity index is 392. The van der Waals surface area contributed by atoms with Crippen molar-refractivity contribution in [3.8, 4) is 0 Å². The highest BCUT2D eigenvalue weighted by Gasteiger charge is 2.13. The summed E-state index contributed by atoms with van der Waals surface area (Å²) in [6.45, 7) is 10.1. The van der Waals surface area contributed by atoms with Gasteiger partial charge in [0, 0.05) is 31.9 Å². The standard InChI is InChI=1S/C13H24N4O/c1-6-16(5)12(18)9-17-10-14-7-11(17)8-15-13(2,3)4/h7,10,15H,6,8-9H2,1-5H3. The number of carbonyl (C=O) groups is 1. The fraction of sp³-hybridized carbons (Fsp3) is 0.692. The third-order valence-electron chi connectivity index (χ3n) is 2.80. The number of imidazole rings is 1. The molecule has 0 radical (unpaired) electrons. The number of likely N-dealkylation sites (N-methyl/N-ethyl adjacent to an activating group) is 1. The molecule has 1 aromatic rings. The van der Waals surface area contributed by atoms with Crippen LogP contribution in [0.15, 0.2) is 12.5 Å². The van der Waals surface area contributed by atoms with Crippen LogP contribution >= 0.6 is 0 Å². The number of aromatic nitrogens is 2. The third kappa shape index (κ3) is 4.49. The normalized spacial score (nSPS) is 11.6. The predicted octanol–water partition coefficient (Wildman–Crippen LogP) is 1.25. The first-order valence-electron chi connectivity index (χ1n) is 6.31. The number of nitrogens with zero attached hydrogens (tertiary/aromatic N) is 3. The Morgan fingerprint density at radius 3 is 2.72 bits per heavy atom. The van der Waals surface area contributed by atoms with E-state index in [1.54, 1.807) is 17.4 Å². The molecule has 1 rings (SSSR count). The van der Waals surface area contributed by atoms with E-state index in [4.69, 9.17) is 0 Å². The minimum atomic E-state index is 0.0549. The van der Waals surface area contributed by atoms with Crippen LogP contribution in [0.2, 0.25) is 0 Å². The van der Waals surface area contributed by atoms with E-state index >= 15 is 0 Å². The third-order valence-corrected chi connectivity index (χ3v) is 2.80. The Hall–Kier alpha value is -1.36. The van der Waals surface area contributed by atoms with Crippen molar-refractivity contribution >= 4 is 5.91 Å². The molecule has 0 aliphatic carbocycles. The molecule has 0 fully saturated rings. The van der Waals surface area contributed by atoms with Gasteiger partial charge >= 0.3 is 0 Å². The molecule has 0 aromatic carbocycles. The van der Waals surface area contributed by atoms with Gasteiger partial charge in [-0.15, -0.1) is 0 Å². The lowest BCUT2D eigenvalue weighted by Gasteiger charge is -2.21. The lowest BCUT2D eigenvalue weighted by molar-refractivity contribution is -0.130. The lowest BCUT2D eigenvalue weighted by Crippen LogP contribution is -2.36. The highest BCUT2D eigenvalue weighted by Crippen LogP contribution is 2.05. The number of hydrogen-bond donors (Lipinski definition) is 1. The molecule has 0 saturated carbocycles. The number of hydrogen-bond acceptors (Lipinski definition) is 3. The Labute approximate surface area is 109 Å². The zero-order valence-corrected chi connectivity index (χ0v) is 12.0. The minimum absolute atomic E-state index is 0.0549. The minimum Gasteiger partial charge on any atom is -0.344 e. The van der Waals surface area contributed by atoms with Crippen molar-refractivity contribution in [2.45, 2.75) is 46.3 Å². The molecule has 0 saturated heterocycles. The van der Waals surface area contributed by atoms with Gasteiger partial charge in [-0.2, -0.15) is 0 Å². The summed E-state index contributed by atoms with van der Waals surface area (Å²) in [6, 6.07) is 0. The van der Waals surface area contributed by atoms with Gasteiger partial charge in [-0.3, -0.25) is 4.79 Å². The topological polar surface area (TPSA) is 50.2 Å². The molecule has 0 unspecified atom stereocenters. The summed E-state index contributed by atoms with van der Waals surface area (Å²) in [4.78, 5) is 17.7. The summed E-state index contributed by atoms with van der Waals surface area (Å²) in [7, 11) is 1.81. The van der Waals surface area contributed by atoms with Gasteiger partial charge in [0.25, 0.3) is 0 Å². The Balaban J connectivity index is 2.63. The number of nitrogens with one attached hydrogen (secondary N) is 1. The zero-order valence-electron chi connectivity index (χ0n) is 12.0. The number of rotatable bonds is 5. The van der Waals surface area contributed by atoms with Crippen LogP contribution in [0.25, 0.3) is 0 Å². The van der Waals surface area contributed by atoms with Crippen LogP contribution < -0.4 is 5.32 Å². The molecule has 1 N–H and O–H groups in total. The van der Waals surface area contributed by atoms with E-state index in [1.807, 2.05) is 18.5 Å². The first-order chi connectivity index (χ1) is 8.33. The van der Waals surface area contributed by atoms with E-state index in [0.29, 0.717) is 13.1 Å². The van der Waals surface area contributed by atoms with Gasteiger partial charge in [0.15, 0.2) is 0 Å². The fourth-order valence-corrected chi connectivity index (χ4v) is 1.44. The quantitative estimate of drug-likeness (QED) is 0.858. The van der Waals surface area contributed by atoms with Gasteiger partial charge < -0.3 is 14.8 Å². The van der Waals surface area contributed by atoms with Gasteiger partial charge in [-0.25, -0.2) is 4.98 Å². The maximum atomic E-state index is 11.9. The van der Waals surface area contributed by atoms with Gasteiger partial charge in [0.1, 0.15) is 6.54 Å². The van der Waals surface area contributed by atoms with E-state index in [-0.39, 0.29) is 11.4 Å². The summed E-state index contributed by atoms with van der Waals surface area (Å²) >= 11 is 0. The smallest absolute Gasteiger partial charge is 0.242 e. The first-order valence-corrected chi connectivity index (χ1v) is 6.31. The van der Waals surface area contributed by atoms with Crippen LogP contribution in [0, 0.1) is 0 Å². The van der Waals surface area contributed by atoms with Crippen molar-refractivity contribution in [2.24, 2.45) is 0 Å². The molecule has 5 heteroatoms. The summed E-state index contributed by atoms with van der Waals surface area (Å²) in [5, 5.41) is 3.40. The molecule has 102 valence electrons. The van der Waals surface area contributed by atoms with E-state index in [0.717, 1.165) is 12.2 Å². The summed E-state index contributed by atoms with van der Waals surface area (Å²) in [5.74, 6) is 0.104. The van der Waals surface area contributed by atoms with Crippen molar-refractivity contribution in [3.63, 3.8) is 0 Å². The van der Waals surface area contributed by atoms with Crippen LogP contribution in [0.4, 0.5) is 0 Å². The number of amides is 1. The van der Waals surface area contributed by atoms with E-state index in [2.05, 4.69) is 31.1 Å². The first kappa shape index (κ1) is 14.7. The second-order valence-electron chi connectivity index (χ2n) is 5.52. The maximum absolute atomic E-state index is 11.9. The molecular formula is C13H24N4O. The van der Waals surface area contributed by atoms with Crippen molar-refractivity contribution < 1.29 is 4.79 Å². The molecule has 1 amide bonds. The second kappa shape index (κ2) is 6.00. The highest BCUT2D eigenvalue weighted by atomic mass is 16.2. The molecule has 5 nitrogen and oxygen atoms in total. The molecule has 0 bridgehead atoms. The van der Waals surface area contributed by atoms with Crippen molar-refractivity contribution in [3.05, 3.63) is 18.2 Å². The molecule has 0 atom stereocenters. The summed E-state index contributed by atoms with van der Waals surface area (Å²) in [6.07, 6.45) is 3.51. The second-order valence-corrected chi connectivity index (χ2v) is 5.52. The van der Waals surface area contributed by atoms with Crippen molar-refractivity contribution in [1.82, 2.24) is 19.8 Å². The average molecular weight is 252 g/mol. The molecule has 0 aliphatic heterocycles. The van der Waals surface area contributed by atoms with Gasteiger partial charge in [-0.1, -0.05) is 0 Å². The monoisotopic (exact) mass is 252 g/mol. The van der Waals surface area contributed by atoms with Crippen LogP contribution in [0.3, 0.4) is 0 Å². The Morgan fingerprint density at radius 2 is 2.17 bits per heavy atom. The predicted molar refractivity (Wildman–Crippen MR) is 72.1 cm³/mol. The van der Waals surface area contributed by atoms with Crippen LogP contribution in [-0.4, -0.2) is 39.5 Å². The van der Waals surface area contributed by atoms with E-state index in [1.165, 1.54) is 0 Å². The summed E-state index contributed by atoms with van der Waals surface area (Å²) < 4.78 is 1.90. The number of carbonyl (C=O) groups excluding carboxylic acids is 1. The van der Waals surface area contributed by atoms with Crippen molar-refractivity contribution in [1.29, 1.82) is 0 Å². The fourth-order valence-electron chi connectivity index (χ4n) is 1.44. The Kier molecular flexibility index (Phi) is 4.90. The maximum Gasteiger partial charge on any atom is 0.242 e. The molecule has 0 spiro atoms. The van der Waals surface area contributed by atoms with Crippen LogP contribution in [-0.2, 0) is 17.9 Å². The van der Waals surface area contributed by atoms with Gasteiger partial charge in [-0.05, 0) is 27.7 Å². The van der Waals surface area contributed by atoms with Gasteiger partial charge in [0.05, 0.1) is 12.0 Å². The van der Waals surface area contributed by atoms with Crippen LogP contribution in [0.1, 0.15) is 33.4 Å². The average Bonchev–Trinajstić information content (AvgIpc) is 2.71. The molecule has 18 heavy (non-hydrogen) atoms. The lowest BCUT2D eigenvalue weighted by atomic mass is 10.1. The molecule has 0 aliphatic rings. The zero-order chi connectivity index (χ0) is 13.8. The van der Waals surface area contributed by atoms with E-state index in [9.17, 15) is 4.79 Å². The van der Waals surface area contributed by atoms with Crippen molar-refractivity contribution in [2.75, 3.05) is 13.6 Å². The Morgan fingerprint density at radius 1 is 1.50 bits per heavy atom. The summed E-state index contributed by atoms with van der Waals surface area (Å²) in [5.41, 5.74) is 1.09. The SMILES string of the molecule is CCN(C)C(=O)Cn1cncc1CNC(C)(C)C. The van der Waals surface area contributed by atoms with E-state index < -0.39 is 0 Å².